The minimum absolute atomic E-state index is 0.138. The predicted molar refractivity (Wildman–Crippen MR) is 83.8 cm³/mol. The number of furan rings is 1. The lowest BCUT2D eigenvalue weighted by molar-refractivity contribution is -0.133. The monoisotopic (exact) mass is 363 g/mol. The number of fused-ring (bicyclic) bond motifs is 1. The number of carbonyl (C=O) groups excluding carboxylic acids is 2. The number of anilines is 1. The molecule has 22 heavy (non-hydrogen) atoms. The van der Waals surface area contributed by atoms with Gasteiger partial charge in [-0.3, -0.25) is 9.59 Å². The first-order chi connectivity index (χ1) is 10.3. The molecule has 1 aliphatic rings. The van der Waals surface area contributed by atoms with Crippen molar-refractivity contribution in [1.82, 2.24) is 0 Å². The number of rotatable bonds is 3. The van der Waals surface area contributed by atoms with E-state index in [1.165, 1.54) is 0 Å². The van der Waals surface area contributed by atoms with Gasteiger partial charge in [-0.2, -0.15) is 0 Å². The molecule has 6 heteroatoms. The Hall–Kier alpha value is -1.92. The number of nitrogens with one attached hydrogen (secondary N) is 1. The zero-order valence-corrected chi connectivity index (χ0v) is 13.7. The van der Waals surface area contributed by atoms with E-state index < -0.39 is 17.3 Å². The Labute approximate surface area is 135 Å². The van der Waals surface area contributed by atoms with Gasteiger partial charge in [-0.05, 0) is 53.5 Å². The number of hydrogen-bond acceptors (Lipinski definition) is 4. The molecule has 1 amide bonds. The summed E-state index contributed by atoms with van der Waals surface area (Å²) in [6.45, 7) is 3.58. The first-order valence-corrected chi connectivity index (χ1v) is 7.54. The Bertz CT molecular complexity index is 795. The summed E-state index contributed by atoms with van der Waals surface area (Å²) in [5, 5.41) is 13.4. The quantitative estimate of drug-likeness (QED) is 0.821. The second-order valence-corrected chi connectivity index (χ2v) is 6.35. The van der Waals surface area contributed by atoms with Gasteiger partial charge < -0.3 is 14.8 Å². The maximum absolute atomic E-state index is 12.3. The van der Waals surface area contributed by atoms with Crippen molar-refractivity contribution >= 4 is 33.3 Å². The van der Waals surface area contributed by atoms with Crippen molar-refractivity contribution in [3.8, 4) is 0 Å². The standard InChI is InChI=1S/C16H14BrNO4/c1-8-5-10-14(11(17)6-8)18-15(20)16(10,21)7-12(19)13-4-3-9(2)22-13/h3-6,21H,7H2,1-2H3,(H,18,20). The predicted octanol–water partition coefficient (Wildman–Crippen LogP) is 3.07. The van der Waals surface area contributed by atoms with Crippen molar-refractivity contribution in [2.24, 2.45) is 0 Å². The van der Waals surface area contributed by atoms with E-state index in [2.05, 4.69) is 21.2 Å². The average molecular weight is 364 g/mol. The highest BCUT2D eigenvalue weighted by atomic mass is 79.9. The molecule has 0 radical (unpaired) electrons. The van der Waals surface area contributed by atoms with Gasteiger partial charge in [-0.25, -0.2) is 0 Å². The van der Waals surface area contributed by atoms with Gasteiger partial charge in [0.15, 0.2) is 11.4 Å². The largest absolute Gasteiger partial charge is 0.458 e. The summed E-state index contributed by atoms with van der Waals surface area (Å²) in [5.74, 6) is -0.286. The number of ketones is 1. The zero-order chi connectivity index (χ0) is 16.1. The Morgan fingerprint density at radius 2 is 2.09 bits per heavy atom. The van der Waals surface area contributed by atoms with Crippen LogP contribution in [0.4, 0.5) is 5.69 Å². The molecule has 1 aromatic carbocycles. The number of Topliss-reactive ketones (excluding diaryl/α,β-unsaturated/α-hetero) is 1. The maximum atomic E-state index is 12.3. The molecule has 1 atom stereocenters. The van der Waals surface area contributed by atoms with E-state index in [0.29, 0.717) is 21.5 Å². The molecule has 0 saturated heterocycles. The first kappa shape index (κ1) is 15.0. The van der Waals surface area contributed by atoms with E-state index in [1.54, 1.807) is 25.1 Å². The summed E-state index contributed by atoms with van der Waals surface area (Å²) < 4.78 is 5.94. The third-order valence-electron chi connectivity index (χ3n) is 3.73. The van der Waals surface area contributed by atoms with Crippen LogP contribution in [0.3, 0.4) is 0 Å². The van der Waals surface area contributed by atoms with Gasteiger partial charge in [-0.1, -0.05) is 6.07 Å². The maximum Gasteiger partial charge on any atom is 0.261 e. The molecular weight excluding hydrogens is 350 g/mol. The Morgan fingerprint density at radius 3 is 2.73 bits per heavy atom. The second kappa shape index (κ2) is 5.07. The highest BCUT2D eigenvalue weighted by Crippen LogP contribution is 2.43. The van der Waals surface area contributed by atoms with Crippen LogP contribution in [-0.4, -0.2) is 16.8 Å². The molecule has 0 fully saturated rings. The molecule has 2 aromatic rings. The van der Waals surface area contributed by atoms with Crippen LogP contribution in [0.5, 0.6) is 0 Å². The molecule has 2 heterocycles. The molecule has 0 bridgehead atoms. The lowest BCUT2D eigenvalue weighted by Gasteiger charge is -2.19. The zero-order valence-electron chi connectivity index (χ0n) is 12.1. The summed E-state index contributed by atoms with van der Waals surface area (Å²) in [6.07, 6.45) is -0.366. The normalized spacial score (nSPS) is 19.9. The third kappa shape index (κ3) is 2.28. The fraction of sp³-hybridized carbons (Fsp3) is 0.250. The van der Waals surface area contributed by atoms with E-state index >= 15 is 0 Å². The van der Waals surface area contributed by atoms with Crippen molar-refractivity contribution in [2.45, 2.75) is 25.9 Å². The summed E-state index contributed by atoms with van der Waals surface area (Å²) in [6, 6.07) is 6.75. The molecule has 1 unspecified atom stereocenters. The van der Waals surface area contributed by atoms with Crippen molar-refractivity contribution in [1.29, 1.82) is 0 Å². The van der Waals surface area contributed by atoms with Crippen LogP contribution in [0.2, 0.25) is 0 Å². The van der Waals surface area contributed by atoms with Crippen LogP contribution >= 0.6 is 15.9 Å². The molecular formula is C16H14BrNO4. The molecule has 3 rings (SSSR count). The van der Waals surface area contributed by atoms with E-state index in [9.17, 15) is 14.7 Å². The summed E-state index contributed by atoms with van der Waals surface area (Å²) in [4.78, 5) is 24.5. The van der Waals surface area contributed by atoms with E-state index in [0.717, 1.165) is 5.56 Å². The number of aliphatic hydroxyl groups is 1. The lowest BCUT2D eigenvalue weighted by atomic mass is 9.88. The molecule has 1 aromatic heterocycles. The number of hydrogen-bond donors (Lipinski definition) is 2. The topological polar surface area (TPSA) is 79.5 Å². The molecule has 0 saturated carbocycles. The van der Waals surface area contributed by atoms with E-state index in [1.807, 2.05) is 13.0 Å². The molecule has 0 spiro atoms. The fourth-order valence-corrected chi connectivity index (χ4v) is 3.29. The first-order valence-electron chi connectivity index (χ1n) is 6.75. The van der Waals surface area contributed by atoms with Crippen molar-refractivity contribution in [3.63, 3.8) is 0 Å². The van der Waals surface area contributed by atoms with Crippen LogP contribution in [-0.2, 0) is 10.4 Å². The molecule has 114 valence electrons. The van der Waals surface area contributed by atoms with Gasteiger partial charge in [0.25, 0.3) is 5.91 Å². The molecule has 2 N–H and O–H groups in total. The van der Waals surface area contributed by atoms with Gasteiger partial charge in [0.1, 0.15) is 5.76 Å². The molecule has 1 aliphatic heterocycles. The number of benzene rings is 1. The third-order valence-corrected chi connectivity index (χ3v) is 4.35. The van der Waals surface area contributed by atoms with Crippen LogP contribution in [0.25, 0.3) is 0 Å². The Morgan fingerprint density at radius 1 is 1.36 bits per heavy atom. The number of halogens is 1. The van der Waals surface area contributed by atoms with E-state index in [-0.39, 0.29) is 12.2 Å². The number of carbonyl (C=O) groups is 2. The summed E-state index contributed by atoms with van der Waals surface area (Å²) in [5.41, 5.74) is -0.105. The van der Waals surface area contributed by atoms with Crippen LogP contribution in [0.1, 0.15) is 33.9 Å². The van der Waals surface area contributed by atoms with Crippen molar-refractivity contribution in [2.75, 3.05) is 5.32 Å². The average Bonchev–Trinajstić information content (AvgIpc) is 2.96. The SMILES string of the molecule is Cc1cc(Br)c2c(c1)C(O)(CC(=O)c1ccc(C)o1)C(=O)N2. The van der Waals surface area contributed by atoms with Gasteiger partial charge >= 0.3 is 0 Å². The van der Waals surface area contributed by atoms with Gasteiger partial charge in [0.05, 0.1) is 12.1 Å². The summed E-state index contributed by atoms with van der Waals surface area (Å²) in [7, 11) is 0. The lowest BCUT2D eigenvalue weighted by Crippen LogP contribution is -2.36. The van der Waals surface area contributed by atoms with Crippen LogP contribution < -0.4 is 5.32 Å². The minimum Gasteiger partial charge on any atom is -0.458 e. The highest BCUT2D eigenvalue weighted by Gasteiger charge is 2.48. The number of amides is 1. The Kier molecular flexibility index (Phi) is 3.45. The summed E-state index contributed by atoms with van der Waals surface area (Å²) >= 11 is 3.36. The Balaban J connectivity index is 2.00. The van der Waals surface area contributed by atoms with Gasteiger partial charge in [0.2, 0.25) is 5.78 Å². The molecule has 5 nitrogen and oxygen atoms in total. The minimum atomic E-state index is -1.89. The van der Waals surface area contributed by atoms with Crippen LogP contribution in [0, 0.1) is 13.8 Å². The number of aryl methyl sites for hydroxylation is 2. The fourth-order valence-electron chi connectivity index (χ4n) is 2.61. The molecule has 0 aliphatic carbocycles. The van der Waals surface area contributed by atoms with Crippen molar-refractivity contribution in [3.05, 3.63) is 51.4 Å². The second-order valence-electron chi connectivity index (χ2n) is 5.49. The highest BCUT2D eigenvalue weighted by molar-refractivity contribution is 9.10. The van der Waals surface area contributed by atoms with Gasteiger partial charge in [0, 0.05) is 10.0 Å². The van der Waals surface area contributed by atoms with Gasteiger partial charge in [-0.15, -0.1) is 0 Å². The smallest absolute Gasteiger partial charge is 0.261 e. The van der Waals surface area contributed by atoms with Crippen LogP contribution in [0.15, 0.2) is 33.2 Å². The van der Waals surface area contributed by atoms with Crippen molar-refractivity contribution < 1.29 is 19.1 Å². The van der Waals surface area contributed by atoms with E-state index in [4.69, 9.17) is 4.42 Å².